The fourth-order valence-electron chi connectivity index (χ4n) is 1.51. The number of benzene rings is 1. The first-order chi connectivity index (χ1) is 7.63. The fourth-order valence-corrected chi connectivity index (χ4v) is 1.51. The summed E-state index contributed by atoms with van der Waals surface area (Å²) in [4.78, 5) is 24.6. The molecule has 16 heavy (non-hydrogen) atoms. The van der Waals surface area contributed by atoms with Crippen LogP contribution < -0.4 is 5.73 Å². The molecule has 0 unspecified atom stereocenters. The van der Waals surface area contributed by atoms with Crippen LogP contribution in [-0.4, -0.2) is 16.7 Å². The summed E-state index contributed by atoms with van der Waals surface area (Å²) in [5.74, 6) is -0.489. The molecule has 0 aliphatic carbocycles. The van der Waals surface area contributed by atoms with Gasteiger partial charge in [-0.2, -0.15) is 4.99 Å². The summed E-state index contributed by atoms with van der Waals surface area (Å²) < 4.78 is 14.1. The lowest BCUT2D eigenvalue weighted by atomic mass is 10.2. The lowest BCUT2D eigenvalue weighted by Crippen LogP contribution is -2.17. The monoisotopic (exact) mass is 219 g/mol. The van der Waals surface area contributed by atoms with Gasteiger partial charge in [-0.1, -0.05) is 0 Å². The number of rotatable bonds is 1. The second kappa shape index (κ2) is 3.60. The van der Waals surface area contributed by atoms with Crippen LogP contribution in [0, 0.1) is 5.82 Å². The van der Waals surface area contributed by atoms with Crippen LogP contribution in [0.4, 0.5) is 14.9 Å². The van der Waals surface area contributed by atoms with Crippen LogP contribution in [0.1, 0.15) is 0 Å². The quantitative estimate of drug-likeness (QED) is 0.585. The van der Waals surface area contributed by atoms with E-state index >= 15 is 0 Å². The third kappa shape index (κ3) is 1.47. The van der Waals surface area contributed by atoms with Crippen LogP contribution in [-0.2, 0) is 4.79 Å². The predicted molar refractivity (Wildman–Crippen MR) is 54.7 cm³/mol. The number of aromatic nitrogens is 1. The maximum absolute atomic E-state index is 13.0. The average molecular weight is 219 g/mol. The smallest absolute Gasteiger partial charge is 0.323 e. The number of halogens is 1. The Bertz CT molecular complexity index is 626. The summed E-state index contributed by atoms with van der Waals surface area (Å²) in [5.41, 5.74) is 5.66. The number of isocyanates is 1. The van der Waals surface area contributed by atoms with Gasteiger partial charge in [0.05, 0.1) is 5.52 Å². The van der Waals surface area contributed by atoms with Gasteiger partial charge in [-0.3, -0.25) is 4.57 Å². The highest BCUT2D eigenvalue weighted by atomic mass is 19.1. The standard InChI is InChI=1S/C10H6FN3O2/c11-6-1-2-9-7(3-6)8(13-5-15)4-14(9)10(12)16/h1-4H,(H2,12,16). The summed E-state index contributed by atoms with van der Waals surface area (Å²) in [6.07, 6.45) is 2.60. The summed E-state index contributed by atoms with van der Waals surface area (Å²) in [7, 11) is 0. The maximum atomic E-state index is 13.0. The number of primary amides is 1. The molecular formula is C10H6FN3O2. The minimum atomic E-state index is -0.732. The molecule has 1 aromatic heterocycles. The molecule has 0 radical (unpaired) electrons. The lowest BCUT2D eigenvalue weighted by molar-refractivity contribution is 0.251. The van der Waals surface area contributed by atoms with Gasteiger partial charge in [-0.25, -0.2) is 14.0 Å². The molecule has 1 heterocycles. The van der Waals surface area contributed by atoms with Crippen LogP contribution in [0.25, 0.3) is 10.9 Å². The van der Waals surface area contributed by atoms with Crippen molar-refractivity contribution in [3.63, 3.8) is 0 Å². The number of hydrogen-bond donors (Lipinski definition) is 1. The van der Waals surface area contributed by atoms with Crippen molar-refractivity contribution < 1.29 is 14.0 Å². The SMILES string of the molecule is NC(=O)n1cc(N=C=O)c2cc(F)ccc21. The number of hydrogen-bond acceptors (Lipinski definition) is 3. The van der Waals surface area contributed by atoms with Crippen LogP contribution in [0.3, 0.4) is 0 Å². The zero-order chi connectivity index (χ0) is 11.7. The van der Waals surface area contributed by atoms with Crippen LogP contribution in [0.15, 0.2) is 29.4 Å². The largest absolute Gasteiger partial charge is 0.351 e. The third-order valence-corrected chi connectivity index (χ3v) is 2.15. The minimum Gasteiger partial charge on any atom is -0.351 e. The van der Waals surface area contributed by atoms with Crippen molar-refractivity contribution in [2.45, 2.75) is 0 Å². The Labute approximate surface area is 89.0 Å². The summed E-state index contributed by atoms with van der Waals surface area (Å²) in [6, 6.07) is 3.02. The highest BCUT2D eigenvalue weighted by molar-refractivity contribution is 5.98. The second-order valence-corrected chi connectivity index (χ2v) is 3.09. The molecule has 2 N–H and O–H groups in total. The zero-order valence-corrected chi connectivity index (χ0v) is 7.98. The molecule has 0 aliphatic rings. The average Bonchev–Trinajstić information content (AvgIpc) is 2.58. The van der Waals surface area contributed by atoms with Crippen LogP contribution in [0.5, 0.6) is 0 Å². The molecule has 1 aromatic carbocycles. The Morgan fingerprint density at radius 3 is 2.88 bits per heavy atom. The molecule has 0 atom stereocenters. The van der Waals surface area contributed by atoms with Gasteiger partial charge in [0.15, 0.2) is 0 Å². The van der Waals surface area contributed by atoms with E-state index in [-0.39, 0.29) is 5.69 Å². The maximum Gasteiger partial charge on any atom is 0.323 e. The topological polar surface area (TPSA) is 77.5 Å². The first-order valence-corrected chi connectivity index (χ1v) is 4.32. The van der Waals surface area contributed by atoms with E-state index in [1.165, 1.54) is 30.5 Å². The lowest BCUT2D eigenvalue weighted by Gasteiger charge is -1.97. The first-order valence-electron chi connectivity index (χ1n) is 4.32. The van der Waals surface area contributed by atoms with Gasteiger partial charge in [0, 0.05) is 11.6 Å². The van der Waals surface area contributed by atoms with Gasteiger partial charge < -0.3 is 5.73 Å². The van der Waals surface area contributed by atoms with E-state index in [2.05, 4.69) is 4.99 Å². The van der Waals surface area contributed by atoms with E-state index in [1.807, 2.05) is 0 Å². The Morgan fingerprint density at radius 1 is 1.50 bits per heavy atom. The van der Waals surface area contributed by atoms with E-state index in [0.717, 1.165) is 4.57 Å². The van der Waals surface area contributed by atoms with E-state index < -0.39 is 11.8 Å². The highest BCUT2D eigenvalue weighted by Crippen LogP contribution is 2.28. The van der Waals surface area contributed by atoms with Crippen molar-refractivity contribution in [3.05, 3.63) is 30.2 Å². The molecule has 0 saturated carbocycles. The van der Waals surface area contributed by atoms with Crippen molar-refractivity contribution in [2.24, 2.45) is 10.7 Å². The molecule has 0 spiro atoms. The summed E-state index contributed by atoms with van der Waals surface area (Å²) in [6.45, 7) is 0. The van der Waals surface area contributed by atoms with E-state index in [0.29, 0.717) is 10.9 Å². The number of aliphatic imine (C=N–C) groups is 1. The van der Waals surface area contributed by atoms with Crippen molar-refractivity contribution in [1.29, 1.82) is 0 Å². The molecule has 0 aliphatic heterocycles. The van der Waals surface area contributed by atoms with Crippen molar-refractivity contribution in [1.82, 2.24) is 4.57 Å². The zero-order valence-electron chi connectivity index (χ0n) is 7.98. The highest BCUT2D eigenvalue weighted by Gasteiger charge is 2.11. The van der Waals surface area contributed by atoms with Crippen molar-refractivity contribution in [2.75, 3.05) is 0 Å². The minimum absolute atomic E-state index is 0.156. The molecule has 0 saturated heterocycles. The van der Waals surface area contributed by atoms with Gasteiger partial charge in [-0.15, -0.1) is 0 Å². The molecule has 1 amide bonds. The number of carbonyl (C=O) groups excluding carboxylic acids is 2. The van der Waals surface area contributed by atoms with Crippen molar-refractivity contribution in [3.8, 4) is 0 Å². The molecule has 2 aromatic rings. The Balaban J connectivity index is 2.86. The fraction of sp³-hybridized carbons (Fsp3) is 0. The Hall–Kier alpha value is -2.46. The first kappa shape index (κ1) is 10.1. The normalized spacial score (nSPS) is 10.1. The molecule has 5 nitrogen and oxygen atoms in total. The molecule has 0 bridgehead atoms. The molecule has 2 rings (SSSR count). The van der Waals surface area contributed by atoms with E-state index in [4.69, 9.17) is 5.73 Å². The molecule has 0 fully saturated rings. The predicted octanol–water partition coefficient (Wildman–Crippen LogP) is 1.67. The molecule has 80 valence electrons. The van der Waals surface area contributed by atoms with Gasteiger partial charge in [0.25, 0.3) is 0 Å². The summed E-state index contributed by atoms with van der Waals surface area (Å²) in [5, 5.41) is 0.335. The van der Waals surface area contributed by atoms with Crippen LogP contribution in [0.2, 0.25) is 0 Å². The molecule has 6 heteroatoms. The summed E-state index contributed by atoms with van der Waals surface area (Å²) >= 11 is 0. The molecular weight excluding hydrogens is 213 g/mol. The second-order valence-electron chi connectivity index (χ2n) is 3.09. The number of nitrogens with zero attached hydrogens (tertiary/aromatic N) is 2. The van der Waals surface area contributed by atoms with Crippen LogP contribution >= 0.6 is 0 Å². The Kier molecular flexibility index (Phi) is 2.27. The van der Waals surface area contributed by atoms with Gasteiger partial charge in [0.2, 0.25) is 6.08 Å². The van der Waals surface area contributed by atoms with Gasteiger partial charge in [-0.05, 0) is 18.2 Å². The van der Waals surface area contributed by atoms with E-state index in [9.17, 15) is 14.0 Å². The number of amides is 1. The number of nitrogens with two attached hydrogens (primary N) is 1. The number of carbonyl (C=O) groups is 1. The van der Waals surface area contributed by atoms with E-state index in [1.54, 1.807) is 0 Å². The Morgan fingerprint density at radius 2 is 2.25 bits per heavy atom. The third-order valence-electron chi connectivity index (χ3n) is 2.15. The van der Waals surface area contributed by atoms with Gasteiger partial charge in [0.1, 0.15) is 11.5 Å². The van der Waals surface area contributed by atoms with Crippen molar-refractivity contribution >= 4 is 28.7 Å². The van der Waals surface area contributed by atoms with Gasteiger partial charge >= 0.3 is 6.03 Å². The number of fused-ring (bicyclic) bond motifs is 1.